The monoisotopic (exact) mass is 526 g/mol. The Bertz CT molecular complexity index is 1560. The van der Waals surface area contributed by atoms with Crippen LogP contribution in [0.2, 0.25) is 0 Å². The van der Waals surface area contributed by atoms with Gasteiger partial charge in [-0.05, 0) is 82.9 Å². The first-order valence-corrected chi connectivity index (χ1v) is 13.5. The molecule has 1 N–H and O–H groups in total. The van der Waals surface area contributed by atoms with Gasteiger partial charge in [0, 0.05) is 71.7 Å². The number of ketones is 1. The van der Waals surface area contributed by atoms with E-state index in [0.717, 1.165) is 70.8 Å². The Morgan fingerprint density at radius 1 is 1.18 bits per heavy atom. The van der Waals surface area contributed by atoms with Gasteiger partial charge in [0.1, 0.15) is 5.82 Å². The van der Waals surface area contributed by atoms with Crippen LogP contribution in [0.3, 0.4) is 0 Å². The largest absolute Gasteiger partial charge is 0.384 e. The van der Waals surface area contributed by atoms with E-state index in [9.17, 15) is 14.0 Å². The molecule has 0 saturated carbocycles. The number of carbonyl (C=O) groups excluding carboxylic acids is 1. The van der Waals surface area contributed by atoms with Gasteiger partial charge in [0.25, 0.3) is 5.56 Å². The van der Waals surface area contributed by atoms with Crippen molar-refractivity contribution in [3.05, 3.63) is 98.0 Å². The van der Waals surface area contributed by atoms with E-state index in [1.165, 1.54) is 13.0 Å². The van der Waals surface area contributed by atoms with Gasteiger partial charge in [-0.25, -0.2) is 4.39 Å². The molecule has 7 heteroatoms. The first-order valence-electron chi connectivity index (χ1n) is 13.5. The Morgan fingerprint density at radius 3 is 2.67 bits per heavy atom. The standard InChI is InChI=1S/C32H35FN4O2/c1-19(17-27-21(3)34-12-7-30(27)37-15-10-29-26(32(37)39)6-11-35-29)22(4)36-13-8-24(9-14-36)31-20(2)16-25(23(5)38)18-28(31)33/h7-8,10,12,15-18,22,35H,6,9,11,13-14H2,1-5H3/b19-17+. The number of pyridine rings is 2. The van der Waals surface area contributed by atoms with Crippen LogP contribution < -0.4 is 10.9 Å². The van der Waals surface area contributed by atoms with Crippen molar-refractivity contribution in [1.82, 2.24) is 14.5 Å². The summed E-state index contributed by atoms with van der Waals surface area (Å²) in [4.78, 5) is 31.9. The van der Waals surface area contributed by atoms with E-state index in [4.69, 9.17) is 0 Å². The number of aromatic nitrogens is 2. The lowest BCUT2D eigenvalue weighted by atomic mass is 9.92. The van der Waals surface area contributed by atoms with E-state index in [1.807, 2.05) is 32.2 Å². The van der Waals surface area contributed by atoms with Crippen LogP contribution in [0.1, 0.15) is 65.5 Å². The average molecular weight is 527 g/mol. The van der Waals surface area contributed by atoms with E-state index in [2.05, 4.69) is 41.2 Å². The van der Waals surface area contributed by atoms with Crippen molar-refractivity contribution in [2.24, 2.45) is 0 Å². The minimum absolute atomic E-state index is 0.0102. The van der Waals surface area contributed by atoms with E-state index in [0.29, 0.717) is 17.7 Å². The molecule has 0 saturated heterocycles. The Hall–Kier alpha value is -3.84. The molecule has 39 heavy (non-hydrogen) atoms. The van der Waals surface area contributed by atoms with Gasteiger partial charge in [-0.15, -0.1) is 0 Å². The van der Waals surface area contributed by atoms with Crippen molar-refractivity contribution < 1.29 is 9.18 Å². The van der Waals surface area contributed by atoms with Gasteiger partial charge in [-0.2, -0.15) is 0 Å². The lowest BCUT2D eigenvalue weighted by molar-refractivity contribution is 0.101. The van der Waals surface area contributed by atoms with Crippen LogP contribution in [0.5, 0.6) is 0 Å². The molecule has 202 valence electrons. The molecule has 2 aliphatic rings. The van der Waals surface area contributed by atoms with Crippen molar-refractivity contribution in [1.29, 1.82) is 0 Å². The van der Waals surface area contributed by atoms with Crippen LogP contribution in [0, 0.1) is 19.7 Å². The summed E-state index contributed by atoms with van der Waals surface area (Å²) in [5, 5.41) is 3.27. The van der Waals surface area contributed by atoms with Crippen molar-refractivity contribution in [3.8, 4) is 5.69 Å². The number of fused-ring (bicyclic) bond motifs is 1. The third-order valence-electron chi connectivity index (χ3n) is 8.14. The second-order valence-corrected chi connectivity index (χ2v) is 10.6. The van der Waals surface area contributed by atoms with Crippen LogP contribution in [0.15, 0.2) is 53.1 Å². The normalized spacial score (nSPS) is 16.5. The molecule has 1 unspecified atom stereocenters. The molecule has 0 amide bonds. The second-order valence-electron chi connectivity index (χ2n) is 10.6. The third-order valence-corrected chi connectivity index (χ3v) is 8.14. The minimum Gasteiger partial charge on any atom is -0.384 e. The number of carbonyl (C=O) groups is 1. The van der Waals surface area contributed by atoms with Gasteiger partial charge < -0.3 is 5.32 Å². The van der Waals surface area contributed by atoms with Crippen LogP contribution >= 0.6 is 0 Å². The summed E-state index contributed by atoms with van der Waals surface area (Å²) in [6, 6.07) is 7.14. The molecule has 0 fully saturated rings. The maximum absolute atomic E-state index is 14.9. The van der Waals surface area contributed by atoms with Gasteiger partial charge in [0.05, 0.1) is 5.69 Å². The van der Waals surface area contributed by atoms with E-state index < -0.39 is 0 Å². The van der Waals surface area contributed by atoms with Crippen molar-refractivity contribution in [3.63, 3.8) is 0 Å². The summed E-state index contributed by atoms with van der Waals surface area (Å²) in [5.74, 6) is -0.463. The fourth-order valence-corrected chi connectivity index (χ4v) is 5.70. The molecule has 5 rings (SSSR count). The Morgan fingerprint density at radius 2 is 1.97 bits per heavy atom. The number of benzene rings is 1. The third kappa shape index (κ3) is 5.11. The Kier molecular flexibility index (Phi) is 7.36. The van der Waals surface area contributed by atoms with E-state index >= 15 is 0 Å². The van der Waals surface area contributed by atoms with Crippen LogP contribution in [-0.2, 0) is 6.42 Å². The van der Waals surface area contributed by atoms with Crippen LogP contribution in [0.4, 0.5) is 10.1 Å². The molecule has 1 aromatic carbocycles. The summed E-state index contributed by atoms with van der Waals surface area (Å²) >= 11 is 0. The number of nitrogens with zero attached hydrogens (tertiary/aromatic N) is 3. The predicted molar refractivity (Wildman–Crippen MR) is 155 cm³/mol. The van der Waals surface area contributed by atoms with Crippen LogP contribution in [-0.4, -0.2) is 45.9 Å². The van der Waals surface area contributed by atoms with Gasteiger partial charge >= 0.3 is 0 Å². The fourth-order valence-electron chi connectivity index (χ4n) is 5.70. The second kappa shape index (κ2) is 10.7. The molecule has 0 aliphatic carbocycles. The molecule has 0 bridgehead atoms. The van der Waals surface area contributed by atoms with Gasteiger partial charge in [-0.1, -0.05) is 17.7 Å². The van der Waals surface area contributed by atoms with Gasteiger partial charge in [0.2, 0.25) is 0 Å². The molecule has 4 heterocycles. The summed E-state index contributed by atoms with van der Waals surface area (Å²) in [7, 11) is 0. The highest BCUT2D eigenvalue weighted by Gasteiger charge is 2.23. The Labute approximate surface area is 228 Å². The maximum atomic E-state index is 14.9. The van der Waals surface area contributed by atoms with E-state index in [1.54, 1.807) is 16.8 Å². The lowest BCUT2D eigenvalue weighted by Crippen LogP contribution is -2.37. The first kappa shape index (κ1) is 26.8. The Balaban J connectivity index is 1.40. The molecule has 2 aliphatic heterocycles. The highest BCUT2D eigenvalue weighted by Crippen LogP contribution is 2.31. The molecule has 3 aromatic rings. The maximum Gasteiger partial charge on any atom is 0.260 e. The SMILES string of the molecule is CC(=O)c1cc(C)c(C2=CCN(C(C)/C(C)=C/c3c(-n4ccc5c(c4=O)CCN5)ccnc3C)CC2)c(F)c1. The molecule has 0 spiro atoms. The molecule has 6 nitrogen and oxygen atoms in total. The van der Waals surface area contributed by atoms with Crippen molar-refractivity contribution >= 4 is 23.1 Å². The predicted octanol–water partition coefficient (Wildman–Crippen LogP) is 5.74. The summed E-state index contributed by atoms with van der Waals surface area (Å²) in [6.45, 7) is 11.9. The zero-order valence-electron chi connectivity index (χ0n) is 23.3. The summed E-state index contributed by atoms with van der Waals surface area (Å²) in [5.41, 5.74) is 8.35. The number of Topliss-reactive ketones (excluding diaryl/α,β-unsaturated/α-hetero) is 1. The van der Waals surface area contributed by atoms with Gasteiger partial charge in [-0.3, -0.25) is 24.0 Å². The molecule has 1 atom stereocenters. The molecule has 2 aromatic heterocycles. The smallest absolute Gasteiger partial charge is 0.260 e. The van der Waals surface area contributed by atoms with Crippen molar-refractivity contribution in [2.45, 2.75) is 53.5 Å². The fraction of sp³-hybridized carbons (Fsp3) is 0.344. The van der Waals surface area contributed by atoms with Crippen LogP contribution in [0.25, 0.3) is 17.3 Å². The first-order chi connectivity index (χ1) is 18.7. The number of hydrogen-bond donors (Lipinski definition) is 1. The quantitative estimate of drug-likeness (QED) is 0.415. The topological polar surface area (TPSA) is 67.2 Å². The number of halogens is 1. The number of nitrogens with one attached hydrogen (secondary N) is 1. The average Bonchev–Trinajstić information content (AvgIpc) is 3.40. The summed E-state index contributed by atoms with van der Waals surface area (Å²) < 4.78 is 16.7. The minimum atomic E-state index is -0.332. The number of aryl methyl sites for hydroxylation is 2. The zero-order valence-corrected chi connectivity index (χ0v) is 23.3. The molecule has 0 radical (unpaired) electrons. The number of rotatable bonds is 6. The lowest BCUT2D eigenvalue weighted by Gasteiger charge is -2.33. The zero-order chi connectivity index (χ0) is 27.8. The number of hydrogen-bond acceptors (Lipinski definition) is 5. The van der Waals surface area contributed by atoms with Gasteiger partial charge in [0.15, 0.2) is 5.78 Å². The highest BCUT2D eigenvalue weighted by molar-refractivity contribution is 5.94. The summed E-state index contributed by atoms with van der Waals surface area (Å²) in [6.07, 6.45) is 9.29. The number of anilines is 1. The molecular formula is C32H35FN4O2. The highest BCUT2D eigenvalue weighted by atomic mass is 19.1. The van der Waals surface area contributed by atoms with E-state index in [-0.39, 0.29) is 23.2 Å². The van der Waals surface area contributed by atoms with Crippen molar-refractivity contribution in [2.75, 3.05) is 25.0 Å². The molecular weight excluding hydrogens is 491 g/mol.